The summed E-state index contributed by atoms with van der Waals surface area (Å²) in [6.07, 6.45) is 34.1. The van der Waals surface area contributed by atoms with Crippen LogP contribution in [-0.4, -0.2) is 35.2 Å². The van der Waals surface area contributed by atoms with Crippen LogP contribution in [0.1, 0.15) is 116 Å². The van der Waals surface area contributed by atoms with Crippen LogP contribution in [0.4, 0.5) is 0 Å². The highest BCUT2D eigenvalue weighted by atomic mass is 16.7. The monoisotopic (exact) mass is 445 g/mol. The van der Waals surface area contributed by atoms with E-state index in [0.717, 1.165) is 25.9 Å². The lowest BCUT2D eigenvalue weighted by atomic mass is 10.0. The summed E-state index contributed by atoms with van der Waals surface area (Å²) in [5.74, 6) is 0.262. The van der Waals surface area contributed by atoms with E-state index < -0.39 is 0 Å². The van der Waals surface area contributed by atoms with Crippen LogP contribution >= 0.6 is 0 Å². The summed E-state index contributed by atoms with van der Waals surface area (Å²) in [6, 6.07) is 0. The Labute approximate surface area is 197 Å². The summed E-state index contributed by atoms with van der Waals surface area (Å²) in [5.41, 5.74) is 0. The topological polar surface area (TPSA) is 29.5 Å². The highest BCUT2D eigenvalue weighted by Gasteiger charge is 2.34. The van der Waals surface area contributed by atoms with E-state index in [4.69, 9.17) is 4.84 Å². The number of nitrogens with zero attached hydrogens (tertiary/aromatic N) is 2. The van der Waals surface area contributed by atoms with Crippen molar-refractivity contribution in [2.75, 3.05) is 19.8 Å². The van der Waals surface area contributed by atoms with Crippen molar-refractivity contribution in [1.29, 1.82) is 0 Å². The van der Waals surface area contributed by atoms with Gasteiger partial charge in [0.2, 0.25) is 5.91 Å². The molecular weight excluding hydrogens is 396 g/mol. The molecule has 2 aliphatic heterocycles. The molecule has 1 unspecified atom stereocenters. The predicted molar refractivity (Wildman–Crippen MR) is 134 cm³/mol. The number of likely N-dealkylation sites (tertiary alicyclic amines) is 1. The molecule has 1 fully saturated rings. The van der Waals surface area contributed by atoms with Gasteiger partial charge in [0.1, 0.15) is 12.7 Å². The molecule has 1 saturated heterocycles. The van der Waals surface area contributed by atoms with Gasteiger partial charge in [-0.2, -0.15) is 0 Å². The van der Waals surface area contributed by atoms with Crippen LogP contribution in [0.3, 0.4) is 0 Å². The van der Waals surface area contributed by atoms with Crippen molar-refractivity contribution in [3.8, 4) is 0 Å². The maximum atomic E-state index is 12.2. The molecule has 2 heterocycles. The number of quaternary nitrogens is 1. The van der Waals surface area contributed by atoms with Crippen LogP contribution in [0.25, 0.3) is 0 Å². The van der Waals surface area contributed by atoms with Gasteiger partial charge in [0, 0.05) is 19.4 Å². The van der Waals surface area contributed by atoms with Gasteiger partial charge >= 0.3 is 0 Å². The van der Waals surface area contributed by atoms with Crippen molar-refractivity contribution >= 4 is 5.91 Å². The SMILES string of the molecule is CCCCCCCCCCCCCCCCC[N+]1(CN2CCCC2=O)\C=C/C=C\C=C/O1. The van der Waals surface area contributed by atoms with Crippen LogP contribution in [0.15, 0.2) is 36.8 Å². The van der Waals surface area contributed by atoms with Crippen LogP contribution < -0.4 is 0 Å². The minimum atomic E-state index is 0.262. The van der Waals surface area contributed by atoms with Gasteiger partial charge in [-0.15, -0.1) is 0 Å². The number of hydrogen-bond acceptors (Lipinski definition) is 2. The maximum Gasteiger partial charge on any atom is 0.227 e. The fourth-order valence-corrected chi connectivity index (χ4v) is 4.74. The number of carbonyl (C=O) groups excluding carboxylic acids is 1. The van der Waals surface area contributed by atoms with Crippen molar-refractivity contribution in [1.82, 2.24) is 4.90 Å². The fourth-order valence-electron chi connectivity index (χ4n) is 4.74. The molecule has 0 aromatic heterocycles. The van der Waals surface area contributed by atoms with Crippen LogP contribution in [0, 0.1) is 0 Å². The number of hydrogen-bond donors (Lipinski definition) is 0. The molecule has 0 aromatic rings. The molecule has 0 saturated carbocycles. The lowest BCUT2D eigenvalue weighted by molar-refractivity contribution is -1.06. The van der Waals surface area contributed by atoms with Gasteiger partial charge < -0.3 is 4.84 Å². The highest BCUT2D eigenvalue weighted by molar-refractivity contribution is 5.77. The first kappa shape index (κ1) is 26.7. The molecular formula is C28H49N2O2+. The zero-order valence-electron chi connectivity index (χ0n) is 20.8. The van der Waals surface area contributed by atoms with Gasteiger partial charge in [-0.1, -0.05) is 107 Å². The lowest BCUT2D eigenvalue weighted by Gasteiger charge is -2.34. The number of amides is 1. The molecule has 0 radical (unpaired) electrons. The van der Waals surface area contributed by atoms with Crippen LogP contribution in [0.2, 0.25) is 0 Å². The second-order valence-electron chi connectivity index (χ2n) is 9.69. The quantitative estimate of drug-likeness (QED) is 0.159. The molecule has 0 N–H and O–H groups in total. The number of hydroxylamine groups is 3. The highest BCUT2D eigenvalue weighted by Crippen LogP contribution is 2.21. The van der Waals surface area contributed by atoms with Gasteiger partial charge in [-0.05, 0) is 25.0 Å². The van der Waals surface area contributed by atoms with Gasteiger partial charge in [0.05, 0.1) is 0 Å². The first-order valence-electron chi connectivity index (χ1n) is 13.6. The number of carbonyl (C=O) groups is 1. The summed E-state index contributed by atoms with van der Waals surface area (Å²) in [6.45, 7) is 4.67. The summed E-state index contributed by atoms with van der Waals surface area (Å²) in [7, 11) is 0. The zero-order chi connectivity index (χ0) is 22.7. The Balaban J connectivity index is 1.53. The molecule has 0 aromatic carbocycles. The molecule has 2 aliphatic rings. The molecule has 0 spiro atoms. The molecule has 4 heteroatoms. The predicted octanol–water partition coefficient (Wildman–Crippen LogP) is 7.78. The third-order valence-corrected chi connectivity index (χ3v) is 6.76. The van der Waals surface area contributed by atoms with Crippen molar-refractivity contribution in [2.45, 2.75) is 116 Å². The Morgan fingerprint density at radius 2 is 1.34 bits per heavy atom. The van der Waals surface area contributed by atoms with E-state index >= 15 is 0 Å². The second-order valence-corrected chi connectivity index (χ2v) is 9.69. The molecule has 0 bridgehead atoms. The summed E-state index contributed by atoms with van der Waals surface area (Å²) >= 11 is 0. The molecule has 182 valence electrons. The van der Waals surface area contributed by atoms with E-state index in [0.29, 0.717) is 17.7 Å². The van der Waals surface area contributed by atoms with Gasteiger partial charge in [0.15, 0.2) is 12.9 Å². The van der Waals surface area contributed by atoms with Crippen molar-refractivity contribution < 1.29 is 14.3 Å². The van der Waals surface area contributed by atoms with Gasteiger partial charge in [-0.3, -0.25) is 9.69 Å². The standard InChI is InChI=1S/C28H49N2O2/c1-2-3-4-5-6-7-8-9-10-11-12-13-14-15-18-24-30(25-19-16-17-20-26-32-30)27-29-23-21-22-28(29)31/h16-17,19-20,25-26H,2-15,18,21-24,27H2,1H3/q+1/b17-16-,25-19-,26-20-. The average Bonchev–Trinajstić information content (AvgIpc) is 3.17. The largest absolute Gasteiger partial charge is 0.317 e. The first-order valence-corrected chi connectivity index (χ1v) is 13.6. The molecule has 0 aliphatic carbocycles. The molecule has 4 nitrogen and oxygen atoms in total. The van der Waals surface area contributed by atoms with E-state index in [1.165, 1.54) is 89.9 Å². The first-order chi connectivity index (χ1) is 15.8. The Morgan fingerprint density at radius 1 is 0.781 bits per heavy atom. The fraction of sp³-hybridized carbons (Fsp3) is 0.750. The maximum absolute atomic E-state index is 12.2. The van der Waals surface area contributed by atoms with Gasteiger partial charge in [0.25, 0.3) is 0 Å². The molecule has 1 amide bonds. The Kier molecular flexibility index (Phi) is 14.2. The minimum Gasteiger partial charge on any atom is -0.317 e. The molecule has 1 atom stereocenters. The number of unbranched alkanes of at least 4 members (excludes halogenated alkanes) is 14. The Bertz CT molecular complexity index is 584. The Hall–Kier alpha value is -1.55. The Morgan fingerprint density at radius 3 is 1.91 bits per heavy atom. The van der Waals surface area contributed by atoms with Crippen LogP contribution in [-0.2, 0) is 9.63 Å². The van der Waals surface area contributed by atoms with Crippen molar-refractivity contribution in [2.24, 2.45) is 0 Å². The smallest absolute Gasteiger partial charge is 0.227 e. The van der Waals surface area contributed by atoms with E-state index in [1.54, 1.807) is 6.26 Å². The lowest BCUT2D eigenvalue weighted by Crippen LogP contribution is -2.50. The molecule has 2 rings (SSSR count). The second kappa shape index (κ2) is 17.0. The van der Waals surface area contributed by atoms with Crippen LogP contribution in [0.5, 0.6) is 0 Å². The van der Waals surface area contributed by atoms with E-state index in [2.05, 4.69) is 19.2 Å². The third kappa shape index (κ3) is 11.4. The van der Waals surface area contributed by atoms with E-state index in [9.17, 15) is 4.79 Å². The number of rotatable bonds is 18. The minimum absolute atomic E-state index is 0.262. The summed E-state index contributed by atoms with van der Waals surface area (Å²) in [5, 5.41) is 0. The van der Waals surface area contributed by atoms with Crippen molar-refractivity contribution in [3.63, 3.8) is 0 Å². The molecule has 32 heavy (non-hydrogen) atoms. The third-order valence-electron chi connectivity index (χ3n) is 6.76. The summed E-state index contributed by atoms with van der Waals surface area (Å²) in [4.78, 5) is 20.3. The van der Waals surface area contributed by atoms with E-state index in [1.807, 2.05) is 23.1 Å². The average molecular weight is 446 g/mol. The number of allylic oxidation sites excluding steroid dienone is 4. The normalized spacial score (nSPS) is 23.5. The van der Waals surface area contributed by atoms with Crippen molar-refractivity contribution in [3.05, 3.63) is 36.8 Å². The zero-order valence-corrected chi connectivity index (χ0v) is 20.8. The van der Waals surface area contributed by atoms with E-state index in [-0.39, 0.29) is 5.91 Å². The summed E-state index contributed by atoms with van der Waals surface area (Å²) < 4.78 is 0.394. The van der Waals surface area contributed by atoms with Gasteiger partial charge in [-0.25, -0.2) is 0 Å².